The second-order valence-corrected chi connectivity index (χ2v) is 6.64. The Morgan fingerprint density at radius 3 is 2.67 bits per heavy atom. The van der Waals surface area contributed by atoms with E-state index in [1.807, 2.05) is 6.07 Å². The number of amides is 2. The summed E-state index contributed by atoms with van der Waals surface area (Å²) in [6.45, 7) is 0.859. The average Bonchev–Trinajstić information content (AvgIpc) is 3.08. The number of halogens is 1. The molecule has 0 unspecified atom stereocenters. The van der Waals surface area contributed by atoms with Gasteiger partial charge in [0.25, 0.3) is 5.91 Å². The third kappa shape index (κ3) is 4.43. The molecule has 2 aromatic carbocycles. The molecule has 1 fully saturated rings. The van der Waals surface area contributed by atoms with Crippen LogP contribution in [0.1, 0.15) is 22.3 Å². The number of nitrogens with zero attached hydrogens (tertiary/aromatic N) is 1. The first-order valence-electron chi connectivity index (χ1n) is 8.84. The number of nitrogens with one attached hydrogen (secondary N) is 2. The summed E-state index contributed by atoms with van der Waals surface area (Å²) < 4.78 is 13.0. The Bertz CT molecular complexity index is 825. The van der Waals surface area contributed by atoms with E-state index in [2.05, 4.69) is 10.6 Å². The van der Waals surface area contributed by atoms with Gasteiger partial charge in [0.15, 0.2) is 0 Å². The van der Waals surface area contributed by atoms with Crippen LogP contribution in [-0.4, -0.2) is 42.4 Å². The molecule has 3 rings (SSSR count). The van der Waals surface area contributed by atoms with E-state index in [1.165, 1.54) is 17.0 Å². The van der Waals surface area contributed by atoms with Gasteiger partial charge in [-0.3, -0.25) is 9.59 Å². The Balaban J connectivity index is 1.71. The summed E-state index contributed by atoms with van der Waals surface area (Å²) in [4.78, 5) is 26.5. The Labute approximate surface area is 157 Å². The molecule has 0 radical (unpaired) electrons. The van der Waals surface area contributed by atoms with Gasteiger partial charge < -0.3 is 21.3 Å². The maximum atomic E-state index is 13.0. The van der Waals surface area contributed by atoms with Crippen molar-refractivity contribution in [3.8, 4) is 0 Å². The number of anilines is 1. The number of hydrogen-bond acceptors (Lipinski definition) is 4. The van der Waals surface area contributed by atoms with E-state index in [1.54, 1.807) is 37.4 Å². The summed E-state index contributed by atoms with van der Waals surface area (Å²) in [5, 5.41) is 5.81. The van der Waals surface area contributed by atoms with E-state index in [-0.39, 0.29) is 23.7 Å². The highest BCUT2D eigenvalue weighted by Gasteiger charge is 2.38. The third-order valence-electron chi connectivity index (χ3n) is 4.66. The van der Waals surface area contributed by atoms with Gasteiger partial charge in [-0.15, -0.1) is 0 Å². The molecule has 2 aromatic rings. The maximum absolute atomic E-state index is 13.0. The van der Waals surface area contributed by atoms with Gasteiger partial charge in [-0.25, -0.2) is 4.39 Å². The van der Waals surface area contributed by atoms with Gasteiger partial charge in [0.2, 0.25) is 5.91 Å². The molecule has 1 aliphatic heterocycles. The summed E-state index contributed by atoms with van der Waals surface area (Å²) in [5.74, 6) is -0.704. The topological polar surface area (TPSA) is 87.5 Å². The van der Waals surface area contributed by atoms with Crippen molar-refractivity contribution in [1.82, 2.24) is 10.2 Å². The number of carbonyl (C=O) groups is 2. The van der Waals surface area contributed by atoms with Crippen LogP contribution in [0.5, 0.6) is 0 Å². The molecule has 6 nitrogen and oxygen atoms in total. The van der Waals surface area contributed by atoms with Crippen LogP contribution in [0.2, 0.25) is 0 Å². The van der Waals surface area contributed by atoms with Crippen LogP contribution in [-0.2, 0) is 11.3 Å². The molecule has 4 N–H and O–H groups in total. The first kappa shape index (κ1) is 18.8. The van der Waals surface area contributed by atoms with Gasteiger partial charge in [-0.05, 0) is 42.3 Å². The highest BCUT2D eigenvalue weighted by molar-refractivity contribution is 5.98. The summed E-state index contributed by atoms with van der Waals surface area (Å²) in [6.07, 6.45) is 0.452. The maximum Gasteiger partial charge on any atom is 0.254 e. The molecule has 0 aromatic heterocycles. The summed E-state index contributed by atoms with van der Waals surface area (Å²) in [6, 6.07) is 12.6. The number of likely N-dealkylation sites (tertiary alicyclic amines) is 1. The molecule has 0 saturated carbocycles. The lowest BCUT2D eigenvalue weighted by atomic mass is 10.1. The van der Waals surface area contributed by atoms with Gasteiger partial charge in [0.1, 0.15) is 11.9 Å². The Morgan fingerprint density at radius 2 is 1.96 bits per heavy atom. The minimum absolute atomic E-state index is 0.207. The molecule has 1 saturated heterocycles. The molecule has 2 atom stereocenters. The Kier molecular flexibility index (Phi) is 5.71. The van der Waals surface area contributed by atoms with Crippen molar-refractivity contribution in [3.05, 3.63) is 65.5 Å². The highest BCUT2D eigenvalue weighted by Crippen LogP contribution is 2.21. The van der Waals surface area contributed by atoms with Crippen molar-refractivity contribution in [3.63, 3.8) is 0 Å². The Hall–Kier alpha value is -2.93. The van der Waals surface area contributed by atoms with Crippen LogP contribution in [0.25, 0.3) is 0 Å². The molecule has 1 aliphatic rings. The van der Waals surface area contributed by atoms with E-state index < -0.39 is 6.04 Å². The molecule has 0 bridgehead atoms. The van der Waals surface area contributed by atoms with Gasteiger partial charge in [0.05, 0.1) is 0 Å². The summed E-state index contributed by atoms with van der Waals surface area (Å²) in [5.41, 5.74) is 8.15. The first-order chi connectivity index (χ1) is 13.0. The lowest BCUT2D eigenvalue weighted by Gasteiger charge is -2.23. The molecule has 0 aliphatic carbocycles. The molecule has 7 heteroatoms. The van der Waals surface area contributed by atoms with Gasteiger partial charge in [0, 0.05) is 37.4 Å². The van der Waals surface area contributed by atoms with Gasteiger partial charge in [-0.1, -0.05) is 18.2 Å². The van der Waals surface area contributed by atoms with Crippen molar-refractivity contribution < 1.29 is 14.0 Å². The third-order valence-corrected chi connectivity index (χ3v) is 4.66. The number of likely N-dealkylation sites (N-methyl/N-ethyl adjacent to an activating group) is 1. The number of carbonyl (C=O) groups excluding carboxylic acids is 2. The smallest absolute Gasteiger partial charge is 0.254 e. The number of benzene rings is 2. The van der Waals surface area contributed by atoms with Crippen LogP contribution in [0.3, 0.4) is 0 Å². The number of hydrogen-bond donors (Lipinski definition) is 3. The molecule has 1 heterocycles. The molecule has 2 amide bonds. The quantitative estimate of drug-likeness (QED) is 0.748. The fourth-order valence-corrected chi connectivity index (χ4v) is 3.24. The lowest BCUT2D eigenvalue weighted by Crippen LogP contribution is -2.45. The van der Waals surface area contributed by atoms with Gasteiger partial charge in [-0.2, -0.15) is 0 Å². The normalized spacial score (nSPS) is 19.0. The molecular weight excluding hydrogens is 347 g/mol. The average molecular weight is 370 g/mol. The molecular formula is C20H23FN4O2. The van der Waals surface area contributed by atoms with Crippen molar-refractivity contribution in [2.75, 3.05) is 18.9 Å². The number of rotatable bonds is 5. The van der Waals surface area contributed by atoms with E-state index in [0.29, 0.717) is 25.1 Å². The van der Waals surface area contributed by atoms with Crippen molar-refractivity contribution >= 4 is 17.5 Å². The van der Waals surface area contributed by atoms with Crippen molar-refractivity contribution in [2.24, 2.45) is 5.73 Å². The van der Waals surface area contributed by atoms with Crippen molar-refractivity contribution in [2.45, 2.75) is 25.0 Å². The predicted molar refractivity (Wildman–Crippen MR) is 102 cm³/mol. The fraction of sp³-hybridized carbons (Fsp3) is 0.300. The van der Waals surface area contributed by atoms with E-state index in [9.17, 15) is 14.0 Å². The van der Waals surface area contributed by atoms with Crippen LogP contribution in [0, 0.1) is 5.82 Å². The first-order valence-corrected chi connectivity index (χ1v) is 8.84. The summed E-state index contributed by atoms with van der Waals surface area (Å²) in [7, 11) is 1.55. The van der Waals surface area contributed by atoms with Crippen LogP contribution in [0.15, 0.2) is 48.5 Å². The highest BCUT2D eigenvalue weighted by atomic mass is 19.1. The molecule has 142 valence electrons. The molecule has 27 heavy (non-hydrogen) atoms. The molecule has 0 spiro atoms. The Morgan fingerprint density at radius 1 is 1.22 bits per heavy atom. The minimum Gasteiger partial charge on any atom is -0.381 e. The van der Waals surface area contributed by atoms with Crippen LogP contribution in [0.4, 0.5) is 10.1 Å². The predicted octanol–water partition coefficient (Wildman–Crippen LogP) is 1.73. The van der Waals surface area contributed by atoms with Crippen LogP contribution >= 0.6 is 0 Å². The van der Waals surface area contributed by atoms with E-state index in [4.69, 9.17) is 5.73 Å². The van der Waals surface area contributed by atoms with Crippen molar-refractivity contribution in [1.29, 1.82) is 0 Å². The zero-order valence-electron chi connectivity index (χ0n) is 15.1. The van der Waals surface area contributed by atoms with Gasteiger partial charge >= 0.3 is 0 Å². The largest absolute Gasteiger partial charge is 0.381 e. The number of nitrogens with two attached hydrogens (primary N) is 1. The lowest BCUT2D eigenvalue weighted by molar-refractivity contribution is -0.124. The monoisotopic (exact) mass is 370 g/mol. The van der Waals surface area contributed by atoms with E-state index >= 15 is 0 Å². The summed E-state index contributed by atoms with van der Waals surface area (Å²) >= 11 is 0. The minimum atomic E-state index is -0.548. The fourth-order valence-electron chi connectivity index (χ4n) is 3.24. The van der Waals surface area contributed by atoms with Crippen LogP contribution < -0.4 is 16.4 Å². The zero-order valence-corrected chi connectivity index (χ0v) is 15.1. The standard InChI is InChI=1S/C20H23FN4O2/c1-23-19(26)18-10-16(22)12-25(18)20(27)14-3-2-4-17(9-14)24-11-13-5-7-15(21)8-6-13/h2-9,16,18,24H,10-12,22H2,1H3,(H,23,26)/t16-,18-/m0/s1. The SMILES string of the molecule is CNC(=O)[C@@H]1C[C@H](N)CN1C(=O)c1cccc(NCc2ccc(F)cc2)c1. The second kappa shape index (κ2) is 8.18. The second-order valence-electron chi connectivity index (χ2n) is 6.64. The van der Waals surface area contributed by atoms with E-state index in [0.717, 1.165) is 11.3 Å². The zero-order chi connectivity index (χ0) is 19.4.